The van der Waals surface area contributed by atoms with Gasteiger partial charge in [-0.05, 0) is 25.7 Å². The molecule has 21 heavy (non-hydrogen) atoms. The number of nitrogens with zero attached hydrogens (tertiary/aromatic N) is 1. The largest absolute Gasteiger partial charge is 0.481 e. The summed E-state index contributed by atoms with van der Waals surface area (Å²) in [5.74, 6) is -0.324. The SMILES string of the molecule is CCC(CC)CN(CC)C(=O)NC1(CC(=O)O)CCCC1. The summed E-state index contributed by atoms with van der Waals surface area (Å²) in [5.41, 5.74) is -0.537. The first-order chi connectivity index (χ1) is 9.96. The molecule has 0 unspecified atom stereocenters. The summed E-state index contributed by atoms with van der Waals surface area (Å²) < 4.78 is 0. The summed E-state index contributed by atoms with van der Waals surface area (Å²) in [6.45, 7) is 7.66. The van der Waals surface area contributed by atoms with Crippen molar-refractivity contribution in [2.45, 2.75) is 71.3 Å². The molecular weight excluding hydrogens is 268 g/mol. The topological polar surface area (TPSA) is 69.6 Å². The zero-order chi connectivity index (χ0) is 15.9. The van der Waals surface area contributed by atoms with Gasteiger partial charge in [0.05, 0.1) is 12.0 Å². The molecule has 1 aliphatic carbocycles. The lowest BCUT2D eigenvalue weighted by Crippen LogP contribution is -2.53. The van der Waals surface area contributed by atoms with E-state index in [0.29, 0.717) is 12.5 Å². The van der Waals surface area contributed by atoms with Crippen LogP contribution in [-0.2, 0) is 4.79 Å². The fourth-order valence-electron chi connectivity index (χ4n) is 3.21. The van der Waals surface area contributed by atoms with E-state index < -0.39 is 11.5 Å². The first-order valence-corrected chi connectivity index (χ1v) is 8.25. The molecule has 0 radical (unpaired) electrons. The third kappa shape index (κ3) is 5.21. The van der Waals surface area contributed by atoms with E-state index in [1.807, 2.05) is 11.8 Å². The van der Waals surface area contributed by atoms with Gasteiger partial charge >= 0.3 is 12.0 Å². The van der Waals surface area contributed by atoms with Gasteiger partial charge in [0.2, 0.25) is 0 Å². The maximum atomic E-state index is 12.5. The molecule has 0 bridgehead atoms. The number of hydrogen-bond acceptors (Lipinski definition) is 2. The third-order valence-electron chi connectivity index (χ3n) is 4.72. The number of urea groups is 1. The highest BCUT2D eigenvalue weighted by atomic mass is 16.4. The lowest BCUT2D eigenvalue weighted by Gasteiger charge is -2.33. The molecule has 2 amide bonds. The van der Waals surface area contributed by atoms with Crippen LogP contribution >= 0.6 is 0 Å². The van der Waals surface area contributed by atoms with Crippen LogP contribution in [0.3, 0.4) is 0 Å². The lowest BCUT2D eigenvalue weighted by atomic mass is 9.93. The van der Waals surface area contributed by atoms with Crippen LogP contribution in [0.15, 0.2) is 0 Å². The monoisotopic (exact) mass is 298 g/mol. The van der Waals surface area contributed by atoms with Crippen LogP contribution in [0.2, 0.25) is 0 Å². The Bertz CT molecular complexity index is 347. The minimum absolute atomic E-state index is 0.0290. The van der Waals surface area contributed by atoms with E-state index in [9.17, 15) is 9.59 Å². The second kappa shape index (κ2) is 8.25. The molecule has 0 saturated heterocycles. The minimum Gasteiger partial charge on any atom is -0.481 e. The van der Waals surface area contributed by atoms with Crippen molar-refractivity contribution in [2.24, 2.45) is 5.92 Å². The quantitative estimate of drug-likeness (QED) is 0.722. The number of hydrogen-bond donors (Lipinski definition) is 2. The highest BCUT2D eigenvalue weighted by Crippen LogP contribution is 2.32. The van der Waals surface area contributed by atoms with Crippen molar-refractivity contribution in [3.63, 3.8) is 0 Å². The third-order valence-corrected chi connectivity index (χ3v) is 4.72. The van der Waals surface area contributed by atoms with Crippen LogP contribution in [0.25, 0.3) is 0 Å². The van der Waals surface area contributed by atoms with E-state index in [0.717, 1.165) is 45.1 Å². The molecule has 5 nitrogen and oxygen atoms in total. The first kappa shape index (κ1) is 17.8. The number of amides is 2. The van der Waals surface area contributed by atoms with Gasteiger partial charge in [-0.2, -0.15) is 0 Å². The highest BCUT2D eigenvalue weighted by Gasteiger charge is 2.38. The molecule has 1 rings (SSSR count). The zero-order valence-electron chi connectivity index (χ0n) is 13.7. The Balaban J connectivity index is 2.68. The van der Waals surface area contributed by atoms with E-state index in [1.165, 1.54) is 0 Å². The van der Waals surface area contributed by atoms with Gasteiger partial charge < -0.3 is 15.3 Å². The van der Waals surface area contributed by atoms with Crippen LogP contribution in [0.4, 0.5) is 4.79 Å². The molecule has 1 fully saturated rings. The molecule has 0 aliphatic heterocycles. The highest BCUT2D eigenvalue weighted by molar-refractivity contribution is 5.77. The van der Waals surface area contributed by atoms with Gasteiger partial charge in [0.25, 0.3) is 0 Å². The van der Waals surface area contributed by atoms with Crippen LogP contribution < -0.4 is 5.32 Å². The van der Waals surface area contributed by atoms with Crippen LogP contribution in [-0.4, -0.2) is 40.6 Å². The Morgan fingerprint density at radius 3 is 2.19 bits per heavy atom. The van der Waals surface area contributed by atoms with E-state index in [4.69, 9.17) is 5.11 Å². The van der Waals surface area contributed by atoms with E-state index >= 15 is 0 Å². The summed E-state index contributed by atoms with van der Waals surface area (Å²) in [7, 11) is 0. The Hall–Kier alpha value is -1.26. The Morgan fingerprint density at radius 2 is 1.76 bits per heavy atom. The van der Waals surface area contributed by atoms with Crippen LogP contribution in [0.1, 0.15) is 65.7 Å². The molecule has 0 atom stereocenters. The molecule has 0 spiro atoms. The fraction of sp³-hybridized carbons (Fsp3) is 0.875. The van der Waals surface area contributed by atoms with Crippen molar-refractivity contribution in [1.29, 1.82) is 0 Å². The Morgan fingerprint density at radius 1 is 1.19 bits per heavy atom. The summed E-state index contributed by atoms with van der Waals surface area (Å²) in [6, 6.07) is -0.104. The van der Waals surface area contributed by atoms with Crippen molar-refractivity contribution >= 4 is 12.0 Å². The van der Waals surface area contributed by atoms with Crippen molar-refractivity contribution < 1.29 is 14.7 Å². The molecule has 1 aliphatic rings. The maximum absolute atomic E-state index is 12.5. The second-order valence-corrected chi connectivity index (χ2v) is 6.21. The van der Waals surface area contributed by atoms with E-state index in [1.54, 1.807) is 0 Å². The van der Waals surface area contributed by atoms with Gasteiger partial charge in [0.1, 0.15) is 0 Å². The molecule has 0 aromatic carbocycles. The van der Waals surface area contributed by atoms with Gasteiger partial charge in [0.15, 0.2) is 0 Å². The first-order valence-electron chi connectivity index (χ1n) is 8.25. The number of carbonyl (C=O) groups excluding carboxylic acids is 1. The van der Waals surface area contributed by atoms with Crippen LogP contribution in [0, 0.1) is 5.92 Å². The summed E-state index contributed by atoms with van der Waals surface area (Å²) in [6.07, 6.45) is 5.67. The summed E-state index contributed by atoms with van der Waals surface area (Å²) in [4.78, 5) is 25.4. The van der Waals surface area contributed by atoms with E-state index in [2.05, 4.69) is 19.2 Å². The predicted molar refractivity (Wildman–Crippen MR) is 83.3 cm³/mol. The number of carboxylic acid groups (broad SMARTS) is 1. The number of carbonyl (C=O) groups is 2. The van der Waals surface area contributed by atoms with Crippen molar-refractivity contribution in [3.8, 4) is 0 Å². The van der Waals surface area contributed by atoms with Crippen molar-refractivity contribution in [2.75, 3.05) is 13.1 Å². The Kier molecular flexibility index (Phi) is 6.99. The molecule has 0 aromatic heterocycles. The fourth-order valence-corrected chi connectivity index (χ4v) is 3.21. The second-order valence-electron chi connectivity index (χ2n) is 6.21. The smallest absolute Gasteiger partial charge is 0.317 e. The standard InChI is InChI=1S/C16H30N2O3/c1-4-13(5-2)12-18(6-3)15(21)17-16(11-14(19)20)9-7-8-10-16/h13H,4-12H2,1-3H3,(H,17,21)(H,19,20). The maximum Gasteiger partial charge on any atom is 0.317 e. The number of nitrogens with one attached hydrogen (secondary N) is 1. The predicted octanol–water partition coefficient (Wildman–Crippen LogP) is 3.24. The average molecular weight is 298 g/mol. The molecule has 0 aromatic rings. The van der Waals surface area contributed by atoms with Gasteiger partial charge in [0, 0.05) is 13.1 Å². The molecule has 0 heterocycles. The van der Waals surface area contributed by atoms with Gasteiger partial charge in [-0.25, -0.2) is 4.79 Å². The van der Waals surface area contributed by atoms with E-state index in [-0.39, 0.29) is 12.5 Å². The number of aliphatic carboxylic acids is 1. The Labute approximate surface area is 128 Å². The summed E-state index contributed by atoms with van der Waals surface area (Å²) in [5, 5.41) is 12.1. The molecule has 1 saturated carbocycles. The molecule has 122 valence electrons. The molecule has 2 N–H and O–H groups in total. The lowest BCUT2D eigenvalue weighted by molar-refractivity contribution is -0.138. The zero-order valence-corrected chi connectivity index (χ0v) is 13.7. The van der Waals surface area contributed by atoms with Crippen molar-refractivity contribution in [1.82, 2.24) is 10.2 Å². The van der Waals surface area contributed by atoms with Gasteiger partial charge in [-0.3, -0.25) is 4.79 Å². The minimum atomic E-state index is -0.833. The van der Waals surface area contributed by atoms with Crippen LogP contribution in [0.5, 0.6) is 0 Å². The average Bonchev–Trinajstić information content (AvgIpc) is 2.87. The summed E-state index contributed by atoms with van der Waals surface area (Å²) >= 11 is 0. The number of rotatable bonds is 8. The number of carboxylic acids is 1. The van der Waals surface area contributed by atoms with Crippen molar-refractivity contribution in [3.05, 3.63) is 0 Å². The van der Waals surface area contributed by atoms with Gasteiger partial charge in [-0.15, -0.1) is 0 Å². The van der Waals surface area contributed by atoms with Gasteiger partial charge in [-0.1, -0.05) is 39.5 Å². The normalized spacial score (nSPS) is 17.0. The molecular formula is C16H30N2O3. The molecule has 5 heteroatoms.